The van der Waals surface area contributed by atoms with Crippen molar-refractivity contribution in [3.63, 3.8) is 0 Å². The minimum absolute atomic E-state index is 0.0707. The maximum atomic E-state index is 13.1. The summed E-state index contributed by atoms with van der Waals surface area (Å²) in [7, 11) is -3.54. The zero-order valence-corrected chi connectivity index (χ0v) is 18.6. The summed E-state index contributed by atoms with van der Waals surface area (Å²) in [5, 5.41) is 1.95. The Kier molecular flexibility index (Phi) is 6.14. The first-order valence-electron chi connectivity index (χ1n) is 10.9. The maximum absolute atomic E-state index is 13.1. The lowest BCUT2D eigenvalue weighted by atomic mass is 9.96. The summed E-state index contributed by atoms with van der Waals surface area (Å²) in [6, 6.07) is 13.6. The number of benzene rings is 2. The molecule has 0 aliphatic carbocycles. The van der Waals surface area contributed by atoms with Crippen LogP contribution in [0.5, 0.6) is 0 Å². The van der Waals surface area contributed by atoms with Gasteiger partial charge in [0.15, 0.2) is 0 Å². The molecule has 1 amide bonds. The highest BCUT2D eigenvalue weighted by Crippen LogP contribution is 2.27. The monoisotopic (exact) mass is 429 g/mol. The van der Waals surface area contributed by atoms with Crippen molar-refractivity contribution in [3.8, 4) is 0 Å². The van der Waals surface area contributed by atoms with Gasteiger partial charge in [-0.3, -0.25) is 9.69 Å². The molecule has 2 aromatic carbocycles. The van der Waals surface area contributed by atoms with Crippen LogP contribution in [-0.4, -0.2) is 73.7 Å². The number of piperazine rings is 1. The topological polar surface area (TPSA) is 60.9 Å². The van der Waals surface area contributed by atoms with Crippen molar-refractivity contribution >= 4 is 26.7 Å². The van der Waals surface area contributed by atoms with Crippen LogP contribution in [0.1, 0.15) is 26.7 Å². The van der Waals surface area contributed by atoms with Crippen molar-refractivity contribution in [2.75, 3.05) is 39.3 Å². The Hall–Kier alpha value is -1.96. The first-order chi connectivity index (χ1) is 14.4. The van der Waals surface area contributed by atoms with Crippen molar-refractivity contribution in [2.45, 2.75) is 37.6 Å². The number of hydrogen-bond donors (Lipinski definition) is 0. The molecule has 2 aliphatic heterocycles. The van der Waals surface area contributed by atoms with Gasteiger partial charge in [0.25, 0.3) is 0 Å². The first kappa shape index (κ1) is 21.3. The van der Waals surface area contributed by atoms with Gasteiger partial charge in [-0.05, 0) is 49.6 Å². The molecule has 0 spiro atoms. The Bertz CT molecular complexity index is 1010. The summed E-state index contributed by atoms with van der Waals surface area (Å²) in [6.45, 7) is 8.54. The van der Waals surface area contributed by atoms with Crippen LogP contribution >= 0.6 is 0 Å². The SMILES string of the molecule is CC(C)N1CCN(C(=O)C2CCN(S(=O)(=O)c3ccc4ccccc4c3)CC2)CC1. The van der Waals surface area contributed by atoms with E-state index in [1.807, 2.05) is 35.2 Å². The van der Waals surface area contributed by atoms with Gasteiger partial charge >= 0.3 is 0 Å². The molecule has 30 heavy (non-hydrogen) atoms. The molecule has 162 valence electrons. The van der Waals surface area contributed by atoms with Crippen molar-refractivity contribution in [1.29, 1.82) is 0 Å². The normalized spacial score (nSPS) is 20.2. The fourth-order valence-electron chi connectivity index (χ4n) is 4.54. The largest absolute Gasteiger partial charge is 0.340 e. The van der Waals surface area contributed by atoms with Gasteiger partial charge in [0.2, 0.25) is 15.9 Å². The number of amides is 1. The lowest BCUT2D eigenvalue weighted by molar-refractivity contribution is -0.138. The average molecular weight is 430 g/mol. The van der Waals surface area contributed by atoms with E-state index in [2.05, 4.69) is 18.7 Å². The fraction of sp³-hybridized carbons (Fsp3) is 0.522. The van der Waals surface area contributed by atoms with E-state index < -0.39 is 10.0 Å². The molecule has 0 bridgehead atoms. The van der Waals surface area contributed by atoms with E-state index in [9.17, 15) is 13.2 Å². The van der Waals surface area contributed by atoms with Crippen LogP contribution in [0.2, 0.25) is 0 Å². The Morgan fingerprint density at radius 1 is 0.900 bits per heavy atom. The van der Waals surface area contributed by atoms with Gasteiger partial charge in [-0.2, -0.15) is 4.31 Å². The molecule has 0 unspecified atom stereocenters. The highest BCUT2D eigenvalue weighted by molar-refractivity contribution is 7.89. The molecular formula is C23H31N3O3S. The summed E-state index contributed by atoms with van der Waals surface area (Å²) in [6.07, 6.45) is 1.19. The van der Waals surface area contributed by atoms with E-state index in [-0.39, 0.29) is 11.8 Å². The molecule has 0 atom stereocenters. The van der Waals surface area contributed by atoms with E-state index in [1.165, 1.54) is 4.31 Å². The van der Waals surface area contributed by atoms with E-state index in [0.717, 1.165) is 37.0 Å². The molecule has 0 aromatic heterocycles. The van der Waals surface area contributed by atoms with Crippen LogP contribution in [0.4, 0.5) is 0 Å². The number of fused-ring (bicyclic) bond motifs is 1. The fourth-order valence-corrected chi connectivity index (χ4v) is 6.04. The molecule has 6 nitrogen and oxygen atoms in total. The Morgan fingerprint density at radius 3 is 2.17 bits per heavy atom. The molecule has 7 heteroatoms. The van der Waals surface area contributed by atoms with E-state index in [0.29, 0.717) is 36.9 Å². The molecule has 0 radical (unpaired) electrons. The standard InChI is InChI=1S/C23H31N3O3S/c1-18(2)24-13-15-25(16-14-24)23(27)20-9-11-26(12-10-20)30(28,29)22-8-7-19-5-3-4-6-21(19)17-22/h3-8,17-18,20H,9-16H2,1-2H3. The lowest BCUT2D eigenvalue weighted by Gasteiger charge is -2.39. The van der Waals surface area contributed by atoms with Gasteiger partial charge in [0.05, 0.1) is 4.90 Å². The maximum Gasteiger partial charge on any atom is 0.243 e. The number of sulfonamides is 1. The van der Waals surface area contributed by atoms with Crippen LogP contribution in [0, 0.1) is 5.92 Å². The minimum atomic E-state index is -3.54. The molecule has 0 saturated carbocycles. The second-order valence-corrected chi connectivity index (χ2v) is 10.6. The average Bonchev–Trinajstić information content (AvgIpc) is 2.78. The van der Waals surface area contributed by atoms with Gasteiger partial charge in [-0.15, -0.1) is 0 Å². The van der Waals surface area contributed by atoms with Crippen molar-refractivity contribution in [1.82, 2.24) is 14.1 Å². The van der Waals surface area contributed by atoms with Gasteiger partial charge in [0.1, 0.15) is 0 Å². The van der Waals surface area contributed by atoms with Crippen molar-refractivity contribution < 1.29 is 13.2 Å². The summed E-state index contributed by atoms with van der Waals surface area (Å²) in [5.41, 5.74) is 0. The van der Waals surface area contributed by atoms with Crippen LogP contribution in [0.15, 0.2) is 47.4 Å². The number of piperidine rings is 1. The molecule has 2 heterocycles. The zero-order valence-electron chi connectivity index (χ0n) is 17.8. The molecule has 2 saturated heterocycles. The van der Waals surface area contributed by atoms with Crippen LogP contribution in [0.3, 0.4) is 0 Å². The summed E-state index contributed by atoms with van der Waals surface area (Å²) in [4.78, 5) is 17.6. The zero-order chi connectivity index (χ0) is 21.3. The molecule has 2 aromatic rings. The Balaban J connectivity index is 1.38. The van der Waals surface area contributed by atoms with Gasteiger partial charge in [-0.25, -0.2) is 8.42 Å². The predicted octanol–water partition coefficient (Wildman–Crippen LogP) is 2.79. The Labute approximate surface area is 179 Å². The van der Waals surface area contributed by atoms with E-state index in [1.54, 1.807) is 12.1 Å². The molecule has 4 rings (SSSR count). The van der Waals surface area contributed by atoms with Crippen molar-refractivity contribution in [2.24, 2.45) is 5.92 Å². The first-order valence-corrected chi connectivity index (χ1v) is 12.3. The third kappa shape index (κ3) is 4.24. The summed E-state index contributed by atoms with van der Waals surface area (Å²) < 4.78 is 27.8. The molecule has 2 aliphatic rings. The third-order valence-corrected chi connectivity index (χ3v) is 8.41. The van der Waals surface area contributed by atoms with Crippen molar-refractivity contribution in [3.05, 3.63) is 42.5 Å². The highest BCUT2D eigenvalue weighted by Gasteiger charge is 2.34. The third-order valence-electron chi connectivity index (χ3n) is 6.52. The highest BCUT2D eigenvalue weighted by atomic mass is 32.2. The van der Waals surface area contributed by atoms with Gasteiger partial charge in [-0.1, -0.05) is 30.3 Å². The van der Waals surface area contributed by atoms with Gasteiger partial charge in [0, 0.05) is 51.2 Å². The number of carbonyl (C=O) groups excluding carboxylic acids is 1. The van der Waals surface area contributed by atoms with Gasteiger partial charge < -0.3 is 4.90 Å². The van der Waals surface area contributed by atoms with Crippen LogP contribution < -0.4 is 0 Å². The van der Waals surface area contributed by atoms with Crippen LogP contribution in [0.25, 0.3) is 10.8 Å². The van der Waals surface area contributed by atoms with E-state index in [4.69, 9.17) is 0 Å². The number of hydrogen-bond acceptors (Lipinski definition) is 4. The minimum Gasteiger partial charge on any atom is -0.340 e. The summed E-state index contributed by atoms with van der Waals surface area (Å²) >= 11 is 0. The molecule has 0 N–H and O–H groups in total. The quantitative estimate of drug-likeness (QED) is 0.750. The molecule has 2 fully saturated rings. The predicted molar refractivity (Wildman–Crippen MR) is 119 cm³/mol. The number of rotatable bonds is 4. The van der Waals surface area contributed by atoms with E-state index >= 15 is 0 Å². The smallest absolute Gasteiger partial charge is 0.243 e. The number of carbonyl (C=O) groups is 1. The lowest BCUT2D eigenvalue weighted by Crippen LogP contribution is -2.53. The second kappa shape index (κ2) is 8.65. The molecular weight excluding hydrogens is 398 g/mol. The second-order valence-electron chi connectivity index (χ2n) is 8.64. The Morgan fingerprint density at radius 2 is 1.53 bits per heavy atom. The van der Waals surface area contributed by atoms with Crippen LogP contribution in [-0.2, 0) is 14.8 Å². The summed E-state index contributed by atoms with van der Waals surface area (Å²) in [5.74, 6) is 0.125. The number of nitrogens with zero attached hydrogens (tertiary/aromatic N) is 3.